The van der Waals surface area contributed by atoms with Crippen molar-refractivity contribution in [1.82, 2.24) is 0 Å². The molecule has 0 aromatic heterocycles. The van der Waals surface area contributed by atoms with Gasteiger partial charge in [-0.15, -0.1) is 0 Å². The van der Waals surface area contributed by atoms with Crippen molar-refractivity contribution < 1.29 is 14.3 Å². The summed E-state index contributed by atoms with van der Waals surface area (Å²) < 4.78 is 5.32. The summed E-state index contributed by atoms with van der Waals surface area (Å²) in [5, 5.41) is 2.84. The van der Waals surface area contributed by atoms with Crippen molar-refractivity contribution in [3.05, 3.63) is 29.8 Å². The SMILES string of the molecule is CC(=O)SCC=Cc1ccc2c(c1)OCC(=O)N2. The van der Waals surface area contributed by atoms with Crippen molar-refractivity contribution in [2.75, 3.05) is 17.7 Å². The van der Waals surface area contributed by atoms with Crippen LogP contribution in [0.4, 0.5) is 5.69 Å². The average molecular weight is 263 g/mol. The highest BCUT2D eigenvalue weighted by molar-refractivity contribution is 8.13. The van der Waals surface area contributed by atoms with E-state index >= 15 is 0 Å². The van der Waals surface area contributed by atoms with Gasteiger partial charge < -0.3 is 10.1 Å². The molecule has 0 fully saturated rings. The van der Waals surface area contributed by atoms with Crippen LogP contribution in [-0.2, 0) is 9.59 Å². The minimum absolute atomic E-state index is 0.0559. The number of rotatable bonds is 3. The standard InChI is InChI=1S/C13H13NO3S/c1-9(15)18-6-2-3-10-4-5-11-12(7-10)17-8-13(16)14-11/h2-5,7H,6,8H2,1H3,(H,14,16). The van der Waals surface area contributed by atoms with Gasteiger partial charge in [0, 0.05) is 12.7 Å². The quantitative estimate of drug-likeness (QED) is 0.909. The molecule has 0 bridgehead atoms. The molecule has 0 radical (unpaired) electrons. The van der Waals surface area contributed by atoms with Crippen molar-refractivity contribution >= 4 is 34.5 Å². The molecule has 94 valence electrons. The van der Waals surface area contributed by atoms with E-state index in [-0.39, 0.29) is 17.6 Å². The number of fused-ring (bicyclic) bond motifs is 1. The van der Waals surface area contributed by atoms with E-state index in [0.717, 1.165) is 5.56 Å². The van der Waals surface area contributed by atoms with Crippen molar-refractivity contribution in [1.29, 1.82) is 0 Å². The maximum absolute atomic E-state index is 11.1. The monoisotopic (exact) mass is 263 g/mol. The zero-order valence-electron chi connectivity index (χ0n) is 9.93. The second-order valence-corrected chi connectivity index (χ2v) is 4.99. The maximum atomic E-state index is 11.1. The van der Waals surface area contributed by atoms with Crippen molar-refractivity contribution in [3.8, 4) is 5.75 Å². The molecule has 0 spiro atoms. The van der Waals surface area contributed by atoms with Gasteiger partial charge in [-0.2, -0.15) is 0 Å². The van der Waals surface area contributed by atoms with Crippen LogP contribution < -0.4 is 10.1 Å². The lowest BCUT2D eigenvalue weighted by molar-refractivity contribution is -0.118. The molecule has 1 aromatic rings. The number of hydrogen-bond donors (Lipinski definition) is 1. The number of ether oxygens (including phenoxy) is 1. The molecule has 1 aromatic carbocycles. The van der Waals surface area contributed by atoms with Crippen LogP contribution in [-0.4, -0.2) is 23.4 Å². The summed E-state index contributed by atoms with van der Waals surface area (Å²) >= 11 is 1.27. The molecule has 0 atom stereocenters. The Hall–Kier alpha value is -1.75. The Morgan fingerprint density at radius 1 is 1.56 bits per heavy atom. The average Bonchev–Trinajstić information content (AvgIpc) is 2.34. The lowest BCUT2D eigenvalue weighted by Crippen LogP contribution is -2.25. The lowest BCUT2D eigenvalue weighted by Gasteiger charge is -2.17. The van der Waals surface area contributed by atoms with Crippen molar-refractivity contribution in [3.63, 3.8) is 0 Å². The fourth-order valence-corrected chi connectivity index (χ4v) is 1.97. The molecule has 1 aliphatic rings. The highest BCUT2D eigenvalue weighted by atomic mass is 32.2. The maximum Gasteiger partial charge on any atom is 0.262 e. The second kappa shape index (κ2) is 5.73. The first-order valence-electron chi connectivity index (χ1n) is 5.52. The molecule has 1 amide bonds. The predicted molar refractivity (Wildman–Crippen MR) is 72.7 cm³/mol. The van der Waals surface area contributed by atoms with E-state index in [2.05, 4.69) is 5.32 Å². The third-order valence-electron chi connectivity index (χ3n) is 2.33. The Balaban J connectivity index is 2.03. The highest BCUT2D eigenvalue weighted by Crippen LogP contribution is 2.28. The molecule has 5 heteroatoms. The highest BCUT2D eigenvalue weighted by Gasteiger charge is 2.15. The molecule has 0 aliphatic carbocycles. The van der Waals surface area contributed by atoms with Crippen LogP contribution in [0.5, 0.6) is 5.75 Å². The zero-order valence-corrected chi connectivity index (χ0v) is 10.8. The third kappa shape index (κ3) is 3.37. The van der Waals surface area contributed by atoms with Gasteiger partial charge in [-0.25, -0.2) is 0 Å². The van der Waals surface area contributed by atoms with Gasteiger partial charge >= 0.3 is 0 Å². The molecule has 18 heavy (non-hydrogen) atoms. The lowest BCUT2D eigenvalue weighted by atomic mass is 10.1. The van der Waals surface area contributed by atoms with E-state index in [1.807, 2.05) is 30.4 Å². The Bertz CT molecular complexity index is 511. The number of nitrogens with one attached hydrogen (secondary N) is 1. The number of hydrogen-bond acceptors (Lipinski definition) is 4. The van der Waals surface area contributed by atoms with Crippen LogP contribution in [0.25, 0.3) is 6.08 Å². The van der Waals surface area contributed by atoms with Crippen LogP contribution in [0.15, 0.2) is 24.3 Å². The fourth-order valence-electron chi connectivity index (χ4n) is 1.54. The van der Waals surface area contributed by atoms with Crippen LogP contribution >= 0.6 is 11.8 Å². The van der Waals surface area contributed by atoms with E-state index in [0.29, 0.717) is 17.2 Å². The van der Waals surface area contributed by atoms with Gasteiger partial charge in [0.1, 0.15) is 5.75 Å². The van der Waals surface area contributed by atoms with Crippen LogP contribution in [0.1, 0.15) is 12.5 Å². The van der Waals surface area contributed by atoms with Gasteiger partial charge in [-0.1, -0.05) is 30.0 Å². The summed E-state index contributed by atoms with van der Waals surface area (Å²) in [5.74, 6) is 1.20. The van der Waals surface area contributed by atoms with E-state index in [1.54, 1.807) is 6.92 Å². The molecule has 0 unspecified atom stereocenters. The van der Waals surface area contributed by atoms with Crippen molar-refractivity contribution in [2.45, 2.75) is 6.92 Å². The van der Waals surface area contributed by atoms with Gasteiger partial charge in [-0.05, 0) is 17.7 Å². The predicted octanol–water partition coefficient (Wildman–Crippen LogP) is 2.31. The minimum atomic E-state index is -0.136. The van der Waals surface area contributed by atoms with Crippen LogP contribution in [0.2, 0.25) is 0 Å². The van der Waals surface area contributed by atoms with Gasteiger partial charge in [-0.3, -0.25) is 9.59 Å². The molecule has 2 rings (SSSR count). The van der Waals surface area contributed by atoms with Gasteiger partial charge in [0.15, 0.2) is 11.7 Å². The smallest absolute Gasteiger partial charge is 0.262 e. The Labute approximate surface area is 109 Å². The summed E-state index contributed by atoms with van der Waals surface area (Å²) in [6.45, 7) is 1.61. The van der Waals surface area contributed by atoms with Gasteiger partial charge in [0.05, 0.1) is 5.69 Å². The summed E-state index contributed by atoms with van der Waals surface area (Å²) in [5.41, 5.74) is 1.68. The number of anilines is 1. The Kier molecular flexibility index (Phi) is 4.04. The van der Waals surface area contributed by atoms with Crippen LogP contribution in [0, 0.1) is 0 Å². The van der Waals surface area contributed by atoms with E-state index < -0.39 is 0 Å². The number of carbonyl (C=O) groups excluding carboxylic acids is 2. The fraction of sp³-hybridized carbons (Fsp3) is 0.231. The molecular weight excluding hydrogens is 250 g/mol. The van der Waals surface area contributed by atoms with Gasteiger partial charge in [0.2, 0.25) is 0 Å². The normalized spacial score (nSPS) is 13.9. The molecule has 1 aliphatic heterocycles. The molecule has 0 saturated carbocycles. The largest absolute Gasteiger partial charge is 0.482 e. The molecule has 1 N–H and O–H groups in total. The van der Waals surface area contributed by atoms with Crippen molar-refractivity contribution in [2.24, 2.45) is 0 Å². The number of amides is 1. The molecule has 0 saturated heterocycles. The summed E-state index contributed by atoms with van der Waals surface area (Å²) in [6, 6.07) is 5.57. The summed E-state index contributed by atoms with van der Waals surface area (Å²) in [4.78, 5) is 21.8. The van der Waals surface area contributed by atoms with E-state index in [9.17, 15) is 9.59 Å². The number of carbonyl (C=O) groups is 2. The number of benzene rings is 1. The van der Waals surface area contributed by atoms with Gasteiger partial charge in [0.25, 0.3) is 5.91 Å². The molecule has 1 heterocycles. The topological polar surface area (TPSA) is 55.4 Å². The summed E-state index contributed by atoms with van der Waals surface area (Å²) in [7, 11) is 0. The first kappa shape index (κ1) is 12.7. The first-order chi connectivity index (χ1) is 8.65. The minimum Gasteiger partial charge on any atom is -0.482 e. The molecule has 4 nitrogen and oxygen atoms in total. The zero-order chi connectivity index (χ0) is 13.0. The van der Waals surface area contributed by atoms with E-state index in [4.69, 9.17) is 4.74 Å². The summed E-state index contributed by atoms with van der Waals surface area (Å²) in [6.07, 6.45) is 3.85. The van der Waals surface area contributed by atoms with E-state index in [1.165, 1.54) is 11.8 Å². The first-order valence-corrected chi connectivity index (χ1v) is 6.50. The second-order valence-electron chi connectivity index (χ2n) is 3.80. The third-order valence-corrected chi connectivity index (χ3v) is 3.10. The number of thioether (sulfide) groups is 1. The Morgan fingerprint density at radius 2 is 2.39 bits per heavy atom. The Morgan fingerprint density at radius 3 is 3.17 bits per heavy atom. The van der Waals surface area contributed by atoms with Crippen LogP contribution in [0.3, 0.4) is 0 Å². The molecular formula is C13H13NO3S.